The third-order valence-electron chi connectivity index (χ3n) is 5.21. The second kappa shape index (κ2) is 9.94. The highest BCUT2D eigenvalue weighted by Crippen LogP contribution is 2.24. The molecule has 8 nitrogen and oxygen atoms in total. The van der Waals surface area contributed by atoms with Crippen LogP contribution in [0.4, 0.5) is 0 Å². The quantitative estimate of drug-likeness (QED) is 0.486. The maximum Gasteiger partial charge on any atom is 0.262 e. The van der Waals surface area contributed by atoms with Crippen LogP contribution in [0.2, 0.25) is 0 Å². The third-order valence-corrected chi connectivity index (χ3v) is 6.87. The third kappa shape index (κ3) is 6.34. The van der Waals surface area contributed by atoms with E-state index < -0.39 is 15.6 Å². The van der Waals surface area contributed by atoms with Crippen LogP contribution in [0.1, 0.15) is 30.7 Å². The summed E-state index contributed by atoms with van der Waals surface area (Å²) in [6, 6.07) is 16.1. The normalized spacial score (nSPS) is 12.2. The maximum absolute atomic E-state index is 13.7. The smallest absolute Gasteiger partial charge is 0.262 e. The minimum atomic E-state index is -3.93. The lowest BCUT2D eigenvalue weighted by Crippen LogP contribution is -2.30. The second-order valence-corrected chi connectivity index (χ2v) is 10.4. The van der Waals surface area contributed by atoms with E-state index in [1.54, 1.807) is 59.4 Å². The van der Waals surface area contributed by atoms with E-state index in [1.165, 1.54) is 15.1 Å². The van der Waals surface area contributed by atoms with Gasteiger partial charge < -0.3 is 14.6 Å². The van der Waals surface area contributed by atoms with Crippen molar-refractivity contribution >= 4 is 10.0 Å². The van der Waals surface area contributed by atoms with Crippen molar-refractivity contribution < 1.29 is 23.0 Å². The van der Waals surface area contributed by atoms with Crippen molar-refractivity contribution in [3.05, 3.63) is 71.4 Å². The molecule has 0 aliphatic carbocycles. The molecule has 1 heterocycles. The van der Waals surface area contributed by atoms with Crippen LogP contribution in [0.15, 0.2) is 59.6 Å². The van der Waals surface area contributed by atoms with Gasteiger partial charge in [-0.25, -0.2) is 8.42 Å². The summed E-state index contributed by atoms with van der Waals surface area (Å²) in [7, 11) is 0.919. The fraction of sp³-hybridized carbons (Fsp3) is 0.375. The Morgan fingerprint density at radius 1 is 0.939 bits per heavy atom. The van der Waals surface area contributed by atoms with E-state index in [9.17, 15) is 13.5 Å². The Balaban J connectivity index is 1.96. The summed E-state index contributed by atoms with van der Waals surface area (Å²) < 4.78 is 40.6. The Labute approximate surface area is 195 Å². The van der Waals surface area contributed by atoms with E-state index in [1.807, 2.05) is 24.3 Å². The molecule has 0 radical (unpaired) electrons. The minimum Gasteiger partial charge on any atom is -0.497 e. The van der Waals surface area contributed by atoms with Crippen molar-refractivity contribution in [1.82, 2.24) is 14.1 Å². The van der Waals surface area contributed by atoms with Gasteiger partial charge in [0, 0.05) is 32.3 Å². The Morgan fingerprint density at radius 3 is 1.79 bits per heavy atom. The molecule has 0 aliphatic rings. The van der Waals surface area contributed by atoms with Gasteiger partial charge in [0.25, 0.3) is 10.0 Å². The summed E-state index contributed by atoms with van der Waals surface area (Å²) in [6.07, 6.45) is 0.281. The van der Waals surface area contributed by atoms with Crippen LogP contribution in [0.3, 0.4) is 0 Å². The van der Waals surface area contributed by atoms with Crippen LogP contribution >= 0.6 is 0 Å². The summed E-state index contributed by atoms with van der Waals surface area (Å²) in [5.41, 5.74) is 1.29. The minimum absolute atomic E-state index is 0.0497. The zero-order chi connectivity index (χ0) is 24.2. The number of ether oxygens (including phenoxy) is 2. The fourth-order valence-corrected chi connectivity index (χ4v) is 4.85. The van der Waals surface area contributed by atoms with Crippen LogP contribution in [-0.2, 0) is 36.6 Å². The molecule has 0 amide bonds. The highest BCUT2D eigenvalue weighted by molar-refractivity contribution is 7.89. The van der Waals surface area contributed by atoms with Crippen molar-refractivity contribution in [2.45, 2.75) is 44.0 Å². The van der Waals surface area contributed by atoms with Gasteiger partial charge in [0.1, 0.15) is 11.5 Å². The SMILES string of the molecule is COc1ccc(CN(Cc2ccc(OC)cc2)S(=O)(=O)c2cc(CC(C)(C)O)n(C)n2)cc1. The monoisotopic (exact) mass is 473 g/mol. The van der Waals surface area contributed by atoms with Gasteiger partial charge in [-0.1, -0.05) is 24.3 Å². The maximum atomic E-state index is 13.7. The zero-order valence-electron chi connectivity index (χ0n) is 19.6. The second-order valence-electron chi connectivity index (χ2n) is 8.56. The van der Waals surface area contributed by atoms with Crippen molar-refractivity contribution in [3.63, 3.8) is 0 Å². The number of hydrogen-bond acceptors (Lipinski definition) is 6. The van der Waals surface area contributed by atoms with Crippen LogP contribution < -0.4 is 9.47 Å². The molecule has 3 aromatic rings. The molecule has 0 bridgehead atoms. The molecule has 33 heavy (non-hydrogen) atoms. The van der Waals surface area contributed by atoms with Gasteiger partial charge in [-0.2, -0.15) is 9.40 Å². The van der Waals surface area contributed by atoms with Crippen molar-refractivity contribution in [3.8, 4) is 11.5 Å². The summed E-state index contributed by atoms with van der Waals surface area (Å²) in [4.78, 5) is 0. The Hall–Kier alpha value is -2.88. The molecule has 3 rings (SSSR count). The molecule has 0 unspecified atom stereocenters. The van der Waals surface area contributed by atoms with Crippen LogP contribution in [0, 0.1) is 0 Å². The summed E-state index contributed by atoms with van der Waals surface area (Å²) >= 11 is 0. The first-order valence-corrected chi connectivity index (χ1v) is 12.0. The van der Waals surface area contributed by atoms with Crippen LogP contribution in [0.5, 0.6) is 11.5 Å². The molecule has 0 spiro atoms. The van der Waals surface area contributed by atoms with Crippen molar-refractivity contribution in [2.75, 3.05) is 14.2 Å². The van der Waals surface area contributed by atoms with E-state index >= 15 is 0 Å². The van der Waals surface area contributed by atoms with Gasteiger partial charge in [0.2, 0.25) is 0 Å². The molecule has 0 saturated carbocycles. The van der Waals surface area contributed by atoms with Crippen molar-refractivity contribution in [1.29, 1.82) is 0 Å². The summed E-state index contributed by atoms with van der Waals surface area (Å²) in [5, 5.41) is 14.4. The van der Waals surface area contributed by atoms with Gasteiger partial charge in [-0.05, 0) is 55.3 Å². The highest BCUT2D eigenvalue weighted by atomic mass is 32.2. The van der Waals surface area contributed by atoms with E-state index in [4.69, 9.17) is 9.47 Å². The number of rotatable bonds is 10. The number of aromatic nitrogens is 2. The predicted molar refractivity (Wildman–Crippen MR) is 126 cm³/mol. The molecule has 2 aromatic carbocycles. The van der Waals surface area contributed by atoms with Gasteiger partial charge in [-0.15, -0.1) is 0 Å². The van der Waals surface area contributed by atoms with Gasteiger partial charge in [-0.3, -0.25) is 4.68 Å². The lowest BCUT2D eigenvalue weighted by atomic mass is 10.0. The summed E-state index contributed by atoms with van der Waals surface area (Å²) in [5.74, 6) is 1.40. The first kappa shape index (κ1) is 24.8. The zero-order valence-corrected chi connectivity index (χ0v) is 20.5. The van der Waals surface area contributed by atoms with E-state index in [0.29, 0.717) is 17.2 Å². The standard InChI is InChI=1S/C24H31N3O5S/c1-24(2,28)15-20-14-23(25-26(20)3)33(29,30)27(16-18-6-10-21(31-4)11-7-18)17-19-8-12-22(32-5)13-9-19/h6-14,28H,15-17H2,1-5H3. The predicted octanol–water partition coefficient (Wildman–Crippen LogP) is 3.14. The van der Waals surface area contributed by atoms with E-state index in [0.717, 1.165) is 11.1 Å². The molecule has 0 atom stereocenters. The molecular formula is C24H31N3O5S. The largest absolute Gasteiger partial charge is 0.497 e. The summed E-state index contributed by atoms with van der Waals surface area (Å²) in [6.45, 7) is 3.67. The van der Waals surface area contributed by atoms with Gasteiger partial charge in [0.15, 0.2) is 5.03 Å². The Morgan fingerprint density at radius 2 is 1.39 bits per heavy atom. The van der Waals surface area contributed by atoms with Crippen LogP contribution in [0.25, 0.3) is 0 Å². The lowest BCUT2D eigenvalue weighted by Gasteiger charge is -2.21. The van der Waals surface area contributed by atoms with Crippen LogP contribution in [-0.4, -0.2) is 47.4 Å². The Kier molecular flexibility index (Phi) is 7.46. The number of aryl methyl sites for hydroxylation is 1. The lowest BCUT2D eigenvalue weighted by molar-refractivity contribution is 0.0789. The van der Waals surface area contributed by atoms with E-state index in [2.05, 4.69) is 5.10 Å². The molecule has 0 aliphatic heterocycles. The highest BCUT2D eigenvalue weighted by Gasteiger charge is 2.29. The van der Waals surface area contributed by atoms with E-state index in [-0.39, 0.29) is 24.5 Å². The first-order chi connectivity index (χ1) is 15.5. The molecule has 9 heteroatoms. The number of hydrogen-bond donors (Lipinski definition) is 1. The number of nitrogens with zero attached hydrogens (tertiary/aromatic N) is 3. The average Bonchev–Trinajstić information content (AvgIpc) is 3.13. The molecule has 1 aromatic heterocycles. The van der Waals surface area contributed by atoms with Crippen molar-refractivity contribution in [2.24, 2.45) is 7.05 Å². The average molecular weight is 474 g/mol. The topological polar surface area (TPSA) is 93.9 Å². The number of aliphatic hydroxyl groups is 1. The molecular weight excluding hydrogens is 442 g/mol. The number of methoxy groups -OCH3 is 2. The fourth-order valence-electron chi connectivity index (χ4n) is 3.44. The van der Waals surface area contributed by atoms with Gasteiger partial charge >= 0.3 is 0 Å². The number of benzene rings is 2. The molecule has 1 N–H and O–H groups in total. The Bertz CT molecular complexity index is 1110. The molecule has 0 fully saturated rings. The number of sulfonamides is 1. The molecule has 178 valence electrons. The molecule has 0 saturated heterocycles. The first-order valence-electron chi connectivity index (χ1n) is 10.5. The van der Waals surface area contributed by atoms with Gasteiger partial charge in [0.05, 0.1) is 19.8 Å².